The van der Waals surface area contributed by atoms with Crippen molar-refractivity contribution in [2.24, 2.45) is 0 Å². The molecule has 0 spiro atoms. The van der Waals surface area contributed by atoms with Gasteiger partial charge in [0.2, 0.25) is 0 Å². The molecule has 0 aliphatic heterocycles. The Hall–Kier alpha value is -2.01. The van der Waals surface area contributed by atoms with Gasteiger partial charge in [0.15, 0.2) is 0 Å². The van der Waals surface area contributed by atoms with Crippen LogP contribution in [-0.4, -0.2) is 4.57 Å². The number of fused-ring (bicyclic) bond motifs is 1. The number of allylic oxidation sites excluding steroid dienone is 1. The average molecular weight is 331 g/mol. The minimum Gasteiger partial charge on any atom is -0.331 e. The predicted octanol–water partition coefficient (Wildman–Crippen LogP) is 7.31. The Morgan fingerprint density at radius 3 is 1.96 bits per heavy atom. The van der Waals surface area contributed by atoms with E-state index < -0.39 is 0 Å². The number of para-hydroxylation sites is 1. The molecule has 0 unspecified atom stereocenters. The number of aromatic nitrogens is 1. The van der Waals surface area contributed by atoms with E-state index >= 15 is 0 Å². The Bertz CT molecular complexity index is 571. The maximum Gasteiger partial charge on any atom is 0.110 e. The molecule has 0 N–H and O–H groups in total. The first-order valence-electron chi connectivity index (χ1n) is 9.21. The summed E-state index contributed by atoms with van der Waals surface area (Å²) in [5.74, 6) is 0. The van der Waals surface area contributed by atoms with Gasteiger partial charge in [-0.2, -0.15) is 5.26 Å². The lowest BCUT2D eigenvalue weighted by atomic mass is 10.1. The second-order valence-corrected chi connectivity index (χ2v) is 4.09. The van der Waals surface area contributed by atoms with Crippen LogP contribution in [0.5, 0.6) is 0 Å². The van der Waals surface area contributed by atoms with E-state index in [2.05, 4.69) is 49.3 Å². The molecular formula is C22H38N2. The fraction of sp³-hybridized carbons (Fsp3) is 0.500. The van der Waals surface area contributed by atoms with Crippen LogP contribution in [0, 0.1) is 18.3 Å². The smallest absolute Gasteiger partial charge is 0.110 e. The molecule has 24 heavy (non-hydrogen) atoms. The summed E-state index contributed by atoms with van der Waals surface area (Å²) in [7, 11) is 0. The Kier molecular flexibility index (Phi) is 21.3. The first kappa shape index (κ1) is 26.9. The molecule has 1 aromatic carbocycles. The summed E-state index contributed by atoms with van der Waals surface area (Å²) < 4.78 is 2.09. The SMILES string of the molecule is C=CC.CC.CC.CC.CCc1c(C)n(CC#N)c2ccccc12. The van der Waals surface area contributed by atoms with Crippen molar-refractivity contribution < 1.29 is 0 Å². The third-order valence-corrected chi connectivity index (χ3v) is 2.94. The average Bonchev–Trinajstić information content (AvgIpc) is 2.93. The highest BCUT2D eigenvalue weighted by Gasteiger charge is 2.10. The van der Waals surface area contributed by atoms with Crippen LogP contribution in [0.3, 0.4) is 0 Å². The quantitative estimate of drug-likeness (QED) is 0.531. The lowest BCUT2D eigenvalue weighted by Crippen LogP contribution is -1.98. The van der Waals surface area contributed by atoms with E-state index in [1.807, 2.05) is 54.5 Å². The lowest BCUT2D eigenvalue weighted by Gasteiger charge is -2.01. The molecular weight excluding hydrogens is 292 g/mol. The molecule has 0 saturated heterocycles. The van der Waals surface area contributed by atoms with Crippen LogP contribution >= 0.6 is 0 Å². The van der Waals surface area contributed by atoms with Crippen molar-refractivity contribution >= 4 is 10.9 Å². The predicted molar refractivity (Wildman–Crippen MR) is 112 cm³/mol. The number of benzene rings is 1. The fourth-order valence-electron chi connectivity index (χ4n) is 2.22. The van der Waals surface area contributed by atoms with Crippen LogP contribution in [0.25, 0.3) is 10.9 Å². The third-order valence-electron chi connectivity index (χ3n) is 2.94. The number of aryl methyl sites for hydroxylation is 1. The highest BCUT2D eigenvalue weighted by molar-refractivity contribution is 5.85. The van der Waals surface area contributed by atoms with Crippen molar-refractivity contribution in [3.63, 3.8) is 0 Å². The van der Waals surface area contributed by atoms with Crippen LogP contribution in [-0.2, 0) is 13.0 Å². The van der Waals surface area contributed by atoms with E-state index in [1.165, 1.54) is 22.2 Å². The van der Waals surface area contributed by atoms with Crippen LogP contribution in [0.1, 0.15) is 66.6 Å². The second-order valence-electron chi connectivity index (χ2n) is 4.09. The molecule has 0 bridgehead atoms. The summed E-state index contributed by atoms with van der Waals surface area (Å²) in [6, 6.07) is 10.5. The normalized spacial score (nSPS) is 7.83. The molecule has 2 heteroatoms. The van der Waals surface area contributed by atoms with Gasteiger partial charge in [0, 0.05) is 16.6 Å². The molecule has 1 heterocycles. The number of hydrogen-bond donors (Lipinski definition) is 0. The van der Waals surface area contributed by atoms with Gasteiger partial charge in [-0.25, -0.2) is 0 Å². The molecule has 0 amide bonds. The molecule has 136 valence electrons. The van der Waals surface area contributed by atoms with E-state index in [-0.39, 0.29) is 0 Å². The summed E-state index contributed by atoms with van der Waals surface area (Å²) >= 11 is 0. The van der Waals surface area contributed by atoms with Crippen molar-refractivity contribution in [3.05, 3.63) is 48.2 Å². The van der Waals surface area contributed by atoms with Crippen LogP contribution in [0.2, 0.25) is 0 Å². The van der Waals surface area contributed by atoms with Gasteiger partial charge >= 0.3 is 0 Å². The molecule has 2 rings (SSSR count). The summed E-state index contributed by atoms with van der Waals surface area (Å²) in [4.78, 5) is 0. The van der Waals surface area contributed by atoms with E-state index in [0.717, 1.165) is 6.42 Å². The minimum atomic E-state index is 0.437. The lowest BCUT2D eigenvalue weighted by molar-refractivity contribution is 0.827. The Morgan fingerprint density at radius 2 is 1.54 bits per heavy atom. The van der Waals surface area contributed by atoms with E-state index in [1.54, 1.807) is 6.08 Å². The highest BCUT2D eigenvalue weighted by atomic mass is 15.0. The monoisotopic (exact) mass is 330 g/mol. The summed E-state index contributed by atoms with van der Waals surface area (Å²) in [5, 5.41) is 10.1. The topological polar surface area (TPSA) is 28.7 Å². The third kappa shape index (κ3) is 8.02. The van der Waals surface area contributed by atoms with Crippen molar-refractivity contribution in [2.45, 2.75) is 75.3 Å². The van der Waals surface area contributed by atoms with Crippen LogP contribution in [0.4, 0.5) is 0 Å². The Labute approximate surface area is 150 Å². The molecule has 2 nitrogen and oxygen atoms in total. The van der Waals surface area contributed by atoms with Crippen LogP contribution in [0.15, 0.2) is 36.9 Å². The molecule has 0 saturated carbocycles. The van der Waals surface area contributed by atoms with Gasteiger partial charge in [-0.15, -0.1) is 6.58 Å². The van der Waals surface area contributed by atoms with Gasteiger partial charge in [-0.05, 0) is 31.9 Å². The molecule has 0 atom stereocenters. The van der Waals surface area contributed by atoms with Crippen LogP contribution < -0.4 is 0 Å². The minimum absolute atomic E-state index is 0.437. The largest absolute Gasteiger partial charge is 0.331 e. The van der Waals surface area contributed by atoms with Crippen molar-refractivity contribution in [1.82, 2.24) is 4.57 Å². The van der Waals surface area contributed by atoms with Crippen molar-refractivity contribution in [1.29, 1.82) is 5.26 Å². The number of rotatable bonds is 2. The number of hydrogen-bond acceptors (Lipinski definition) is 1. The summed E-state index contributed by atoms with van der Waals surface area (Å²) in [6.45, 7) is 21.9. The summed E-state index contributed by atoms with van der Waals surface area (Å²) in [5.41, 5.74) is 3.76. The molecule has 2 aromatic rings. The first-order chi connectivity index (χ1) is 11.7. The van der Waals surface area contributed by atoms with Gasteiger partial charge in [0.1, 0.15) is 6.54 Å². The molecule has 1 aromatic heterocycles. The standard InChI is InChI=1S/C13H14N2.C3H6.3C2H6/c1-3-11-10(2)15(9-8-14)13-7-5-4-6-12(11)13;1-3-2;3*1-2/h4-7H,3,9H2,1-2H3;3H,1H2,2H3;3*1-2H3. The molecule has 0 aliphatic rings. The zero-order valence-electron chi connectivity index (χ0n) is 17.4. The number of nitrogens with zero attached hydrogens (tertiary/aromatic N) is 2. The molecule has 0 radical (unpaired) electrons. The highest BCUT2D eigenvalue weighted by Crippen LogP contribution is 2.25. The van der Waals surface area contributed by atoms with E-state index in [4.69, 9.17) is 5.26 Å². The maximum atomic E-state index is 8.81. The van der Waals surface area contributed by atoms with Gasteiger partial charge in [0.25, 0.3) is 0 Å². The zero-order valence-corrected chi connectivity index (χ0v) is 17.4. The van der Waals surface area contributed by atoms with Gasteiger partial charge < -0.3 is 4.57 Å². The van der Waals surface area contributed by atoms with Gasteiger partial charge in [-0.1, -0.05) is 72.7 Å². The van der Waals surface area contributed by atoms with Crippen molar-refractivity contribution in [3.8, 4) is 6.07 Å². The number of nitriles is 1. The summed E-state index contributed by atoms with van der Waals surface area (Å²) in [6.07, 6.45) is 2.77. The van der Waals surface area contributed by atoms with E-state index in [0.29, 0.717) is 6.54 Å². The Balaban J connectivity index is -0.000000422. The maximum absolute atomic E-state index is 8.81. The van der Waals surface area contributed by atoms with Gasteiger partial charge in [0.05, 0.1) is 6.07 Å². The molecule has 0 aliphatic carbocycles. The first-order valence-corrected chi connectivity index (χ1v) is 9.21. The Morgan fingerprint density at radius 1 is 1.08 bits per heavy atom. The van der Waals surface area contributed by atoms with Gasteiger partial charge in [-0.3, -0.25) is 0 Å². The van der Waals surface area contributed by atoms with E-state index in [9.17, 15) is 0 Å². The zero-order chi connectivity index (χ0) is 19.5. The molecule has 0 fully saturated rings. The van der Waals surface area contributed by atoms with Crippen molar-refractivity contribution in [2.75, 3.05) is 0 Å². The second kappa shape index (κ2) is 19.0. The fourth-order valence-corrected chi connectivity index (χ4v) is 2.22.